The van der Waals surface area contributed by atoms with E-state index in [-0.39, 0.29) is 17.1 Å². The normalized spacial score (nSPS) is 11.8. The minimum atomic E-state index is -0.895. The standard InChI is InChI=1S/C4H9NO2Se.Se/c1-8-2-3(5)4(6)7;/h3H,2,5H2,1H3,(H,6,7);/t3-;/m0./s1. The molecule has 0 unspecified atom stereocenters. The summed E-state index contributed by atoms with van der Waals surface area (Å²) >= 11 is 0.373. The van der Waals surface area contributed by atoms with Crippen LogP contribution in [0.15, 0.2) is 0 Å². The molecule has 0 aliphatic rings. The smallest absolute Gasteiger partial charge is 0 e. The molecular weight excluding hydrogens is 252 g/mol. The summed E-state index contributed by atoms with van der Waals surface area (Å²) in [4.78, 5) is 9.97. The van der Waals surface area contributed by atoms with Crippen molar-refractivity contribution in [1.82, 2.24) is 0 Å². The number of carbonyl (C=O) groups is 1. The first-order chi connectivity index (χ1) is 3.68. The van der Waals surface area contributed by atoms with Crippen molar-refractivity contribution < 1.29 is 9.90 Å². The van der Waals surface area contributed by atoms with Gasteiger partial charge in [0.25, 0.3) is 0 Å². The van der Waals surface area contributed by atoms with Crippen molar-refractivity contribution in [2.24, 2.45) is 5.73 Å². The fraction of sp³-hybridized carbons (Fsp3) is 0.750. The van der Waals surface area contributed by atoms with Crippen LogP contribution in [0.3, 0.4) is 0 Å². The third kappa shape index (κ3) is 6.35. The van der Waals surface area contributed by atoms with Crippen LogP contribution in [0.1, 0.15) is 0 Å². The maximum Gasteiger partial charge on any atom is 0 e. The topological polar surface area (TPSA) is 63.3 Å². The molecular formula is C4H9NO2Se2. The minimum absolute atomic E-state index is 0. The second-order valence-corrected chi connectivity index (χ2v) is 3.31. The van der Waals surface area contributed by atoms with Gasteiger partial charge in [-0.2, -0.15) is 0 Å². The first kappa shape index (κ1) is 12.2. The Morgan fingerprint density at radius 1 is 1.89 bits per heavy atom. The molecule has 3 N–H and O–H groups in total. The number of carboxylic acid groups (broad SMARTS) is 1. The van der Waals surface area contributed by atoms with E-state index in [9.17, 15) is 4.79 Å². The molecule has 0 bridgehead atoms. The zero-order valence-electron chi connectivity index (χ0n) is 5.03. The number of carboxylic acids is 1. The minimum Gasteiger partial charge on any atom is 0 e. The summed E-state index contributed by atoms with van der Waals surface area (Å²) in [7, 11) is 0. The van der Waals surface area contributed by atoms with Gasteiger partial charge in [0.05, 0.1) is 0 Å². The fourth-order valence-electron chi connectivity index (χ4n) is 0.251. The Kier molecular flexibility index (Phi) is 8.91. The van der Waals surface area contributed by atoms with Crippen molar-refractivity contribution in [1.29, 1.82) is 0 Å². The summed E-state index contributed by atoms with van der Waals surface area (Å²) in [5.41, 5.74) is 5.14. The summed E-state index contributed by atoms with van der Waals surface area (Å²) in [6, 6.07) is -0.639. The molecule has 5 heteroatoms. The molecule has 0 saturated heterocycles. The molecule has 0 rings (SSSR count). The molecule has 0 amide bonds. The van der Waals surface area contributed by atoms with Crippen molar-refractivity contribution in [2.75, 3.05) is 0 Å². The molecule has 0 fully saturated rings. The van der Waals surface area contributed by atoms with Crippen molar-refractivity contribution in [3.05, 3.63) is 0 Å². The fourth-order valence-corrected chi connectivity index (χ4v) is 1.30. The van der Waals surface area contributed by atoms with E-state index in [1.807, 2.05) is 5.82 Å². The van der Waals surface area contributed by atoms with E-state index in [1.165, 1.54) is 0 Å². The van der Waals surface area contributed by atoms with Gasteiger partial charge in [-0.15, -0.1) is 0 Å². The van der Waals surface area contributed by atoms with Gasteiger partial charge in [0, 0.05) is 17.1 Å². The van der Waals surface area contributed by atoms with Gasteiger partial charge in [0.15, 0.2) is 0 Å². The van der Waals surface area contributed by atoms with Crippen LogP contribution in [0.4, 0.5) is 0 Å². The van der Waals surface area contributed by atoms with Gasteiger partial charge in [-0.1, -0.05) is 0 Å². The Hall–Kier alpha value is 0.469. The van der Waals surface area contributed by atoms with Gasteiger partial charge < -0.3 is 0 Å². The Morgan fingerprint density at radius 2 is 2.33 bits per heavy atom. The van der Waals surface area contributed by atoms with Gasteiger partial charge >= 0.3 is 53.7 Å². The third-order valence-electron chi connectivity index (χ3n) is 0.663. The molecule has 0 spiro atoms. The average Bonchev–Trinajstić information content (AvgIpc) is 1.67. The molecule has 1 atom stereocenters. The average molecular weight is 261 g/mol. The van der Waals surface area contributed by atoms with E-state index < -0.39 is 12.0 Å². The van der Waals surface area contributed by atoms with E-state index in [0.29, 0.717) is 20.3 Å². The Labute approximate surface area is 71.0 Å². The van der Waals surface area contributed by atoms with Gasteiger partial charge in [-0.3, -0.25) is 0 Å². The molecule has 9 heavy (non-hydrogen) atoms. The molecule has 0 heterocycles. The number of hydrogen-bond acceptors (Lipinski definition) is 2. The van der Waals surface area contributed by atoms with E-state index in [1.54, 1.807) is 0 Å². The van der Waals surface area contributed by atoms with E-state index >= 15 is 0 Å². The summed E-state index contributed by atoms with van der Waals surface area (Å²) in [6.07, 6.45) is 0. The van der Waals surface area contributed by atoms with Crippen LogP contribution >= 0.6 is 0 Å². The Balaban J connectivity index is 0. The molecule has 54 valence electrons. The van der Waals surface area contributed by atoms with Gasteiger partial charge in [-0.25, -0.2) is 0 Å². The van der Waals surface area contributed by atoms with E-state index in [2.05, 4.69) is 0 Å². The second kappa shape index (κ2) is 6.59. The maximum atomic E-state index is 9.97. The van der Waals surface area contributed by atoms with Crippen LogP contribution in [-0.2, 0) is 4.79 Å². The summed E-state index contributed by atoms with van der Waals surface area (Å²) < 4.78 is 0. The van der Waals surface area contributed by atoms with Crippen LogP contribution < -0.4 is 5.73 Å². The zero-order valence-corrected chi connectivity index (χ0v) is 8.46. The van der Waals surface area contributed by atoms with Crippen LogP contribution in [0.2, 0.25) is 11.1 Å². The van der Waals surface area contributed by atoms with Crippen LogP contribution in [0, 0.1) is 0 Å². The first-order valence-electron chi connectivity index (χ1n) is 2.15. The van der Waals surface area contributed by atoms with Gasteiger partial charge in [0.1, 0.15) is 0 Å². The predicted octanol–water partition coefficient (Wildman–Crippen LogP) is -0.812. The van der Waals surface area contributed by atoms with E-state index in [4.69, 9.17) is 10.8 Å². The third-order valence-corrected chi connectivity index (χ3v) is 2.12. The summed E-state index contributed by atoms with van der Waals surface area (Å²) in [5, 5.41) is 8.83. The molecule has 3 nitrogen and oxygen atoms in total. The first-order valence-corrected chi connectivity index (χ1v) is 5.08. The van der Waals surface area contributed by atoms with E-state index in [0.717, 1.165) is 0 Å². The molecule has 0 aliphatic heterocycles. The monoisotopic (exact) mass is 263 g/mol. The zero-order chi connectivity index (χ0) is 6.57. The van der Waals surface area contributed by atoms with Crippen LogP contribution in [-0.4, -0.2) is 49.1 Å². The van der Waals surface area contributed by atoms with Gasteiger partial charge in [-0.05, 0) is 0 Å². The van der Waals surface area contributed by atoms with Crippen molar-refractivity contribution in [2.45, 2.75) is 17.2 Å². The van der Waals surface area contributed by atoms with Crippen LogP contribution in [0.5, 0.6) is 0 Å². The largest absolute Gasteiger partial charge is 0 e. The second-order valence-electron chi connectivity index (χ2n) is 1.40. The Morgan fingerprint density at radius 3 is 2.44 bits per heavy atom. The molecule has 0 saturated carbocycles. The van der Waals surface area contributed by atoms with Crippen molar-refractivity contribution >= 4 is 38.0 Å². The Bertz CT molecular complexity index is 88.6. The summed E-state index contributed by atoms with van der Waals surface area (Å²) in [6.45, 7) is 0. The molecule has 0 aromatic rings. The number of hydrogen-bond donors (Lipinski definition) is 2. The van der Waals surface area contributed by atoms with Gasteiger partial charge in [0.2, 0.25) is 0 Å². The SMILES string of the molecule is C[Se]C[C@H](N)C(=O)O.[Se]. The van der Waals surface area contributed by atoms with Crippen molar-refractivity contribution in [3.63, 3.8) is 0 Å². The molecule has 0 aromatic heterocycles. The number of aliphatic carboxylic acids is 1. The molecule has 2 radical (unpaired) electrons. The molecule has 0 aromatic carbocycles. The number of nitrogens with two attached hydrogens (primary N) is 1. The summed E-state index contributed by atoms with van der Waals surface area (Å²) in [5.74, 6) is 1.07. The quantitative estimate of drug-likeness (QED) is 0.653. The maximum absolute atomic E-state index is 9.97. The molecule has 0 aliphatic carbocycles. The number of rotatable bonds is 3. The van der Waals surface area contributed by atoms with Crippen LogP contribution in [0.25, 0.3) is 0 Å². The van der Waals surface area contributed by atoms with Crippen molar-refractivity contribution in [3.8, 4) is 0 Å². The predicted molar refractivity (Wildman–Crippen MR) is 37.8 cm³/mol.